The molecule has 1 aromatic carbocycles. The molecule has 5 nitrogen and oxygen atoms in total. The number of hydrogen-bond donors (Lipinski definition) is 1. The number of amides is 1. The number of oxazole rings is 1. The molecule has 24 heavy (non-hydrogen) atoms. The van der Waals surface area contributed by atoms with Gasteiger partial charge in [-0.25, -0.2) is 4.98 Å². The zero-order valence-corrected chi connectivity index (χ0v) is 14.0. The molecule has 2 atom stereocenters. The average Bonchev–Trinajstić information content (AvgIpc) is 3.23. The van der Waals surface area contributed by atoms with E-state index in [1.807, 2.05) is 30.3 Å². The standard InChI is InChI=1S/C19H24N2O3/c1-21(13-15-8-5-9-16(15)22)19(23)11-10-18-20-12-17(24-18)14-6-3-2-4-7-14/h2-4,6-7,12,15-16,22H,5,8-11,13H2,1H3. The number of hydrogen-bond acceptors (Lipinski definition) is 4. The van der Waals surface area contributed by atoms with E-state index in [0.717, 1.165) is 30.6 Å². The summed E-state index contributed by atoms with van der Waals surface area (Å²) in [5, 5.41) is 9.88. The number of benzene rings is 1. The first kappa shape index (κ1) is 16.7. The number of aliphatic hydroxyl groups excluding tert-OH is 1. The van der Waals surface area contributed by atoms with Gasteiger partial charge < -0.3 is 14.4 Å². The maximum atomic E-state index is 12.3. The van der Waals surface area contributed by atoms with Gasteiger partial charge >= 0.3 is 0 Å². The molecule has 0 bridgehead atoms. The molecule has 1 heterocycles. The third-order valence-electron chi connectivity index (χ3n) is 4.72. The highest BCUT2D eigenvalue weighted by molar-refractivity contribution is 5.76. The Bertz CT molecular complexity index is 668. The van der Waals surface area contributed by atoms with E-state index in [1.54, 1.807) is 18.1 Å². The lowest BCUT2D eigenvalue weighted by Crippen LogP contribution is -2.34. The minimum absolute atomic E-state index is 0.0635. The fourth-order valence-electron chi connectivity index (χ4n) is 3.25. The molecule has 2 aromatic rings. The van der Waals surface area contributed by atoms with Gasteiger partial charge in [0, 0.05) is 37.9 Å². The molecule has 1 aromatic heterocycles. The minimum atomic E-state index is -0.263. The van der Waals surface area contributed by atoms with Crippen LogP contribution in [0.15, 0.2) is 40.9 Å². The molecule has 1 aliphatic carbocycles. The monoisotopic (exact) mass is 328 g/mol. The second-order valence-corrected chi connectivity index (χ2v) is 6.52. The van der Waals surface area contributed by atoms with Crippen molar-refractivity contribution in [3.63, 3.8) is 0 Å². The third kappa shape index (κ3) is 4.03. The Morgan fingerprint density at radius 2 is 2.12 bits per heavy atom. The quantitative estimate of drug-likeness (QED) is 0.885. The summed E-state index contributed by atoms with van der Waals surface area (Å²) in [5.74, 6) is 1.58. The molecule has 1 fully saturated rings. The number of carbonyl (C=O) groups is 1. The number of aromatic nitrogens is 1. The Morgan fingerprint density at radius 1 is 1.33 bits per heavy atom. The average molecular weight is 328 g/mol. The molecule has 0 spiro atoms. The summed E-state index contributed by atoms with van der Waals surface area (Å²) in [6.45, 7) is 0.626. The molecule has 1 N–H and O–H groups in total. The van der Waals surface area contributed by atoms with Gasteiger partial charge in [-0.3, -0.25) is 4.79 Å². The van der Waals surface area contributed by atoms with Crippen molar-refractivity contribution >= 4 is 5.91 Å². The van der Waals surface area contributed by atoms with Crippen molar-refractivity contribution in [3.05, 3.63) is 42.4 Å². The van der Waals surface area contributed by atoms with Crippen molar-refractivity contribution < 1.29 is 14.3 Å². The Morgan fingerprint density at radius 3 is 2.83 bits per heavy atom. The fraction of sp³-hybridized carbons (Fsp3) is 0.474. The summed E-state index contributed by atoms with van der Waals surface area (Å²) in [7, 11) is 1.80. The first-order valence-electron chi connectivity index (χ1n) is 8.55. The number of aliphatic hydroxyl groups is 1. The lowest BCUT2D eigenvalue weighted by molar-refractivity contribution is -0.130. The van der Waals surface area contributed by atoms with Gasteiger partial charge in [0.2, 0.25) is 5.91 Å². The van der Waals surface area contributed by atoms with Crippen molar-refractivity contribution in [3.8, 4) is 11.3 Å². The predicted molar refractivity (Wildman–Crippen MR) is 91.2 cm³/mol. The van der Waals surface area contributed by atoms with Crippen LogP contribution in [0.25, 0.3) is 11.3 Å². The zero-order chi connectivity index (χ0) is 16.9. The Hall–Kier alpha value is -2.14. The molecule has 0 radical (unpaired) electrons. The highest BCUT2D eigenvalue weighted by Gasteiger charge is 2.27. The fourth-order valence-corrected chi connectivity index (χ4v) is 3.25. The van der Waals surface area contributed by atoms with Crippen molar-refractivity contribution in [2.24, 2.45) is 5.92 Å². The van der Waals surface area contributed by atoms with Crippen LogP contribution in [0.2, 0.25) is 0 Å². The van der Waals surface area contributed by atoms with Crippen LogP contribution in [-0.4, -0.2) is 40.6 Å². The van der Waals surface area contributed by atoms with E-state index in [-0.39, 0.29) is 17.9 Å². The van der Waals surface area contributed by atoms with Crippen LogP contribution in [0.3, 0.4) is 0 Å². The van der Waals surface area contributed by atoms with Crippen molar-refractivity contribution in [2.45, 2.75) is 38.2 Å². The van der Waals surface area contributed by atoms with E-state index in [0.29, 0.717) is 25.3 Å². The van der Waals surface area contributed by atoms with Crippen LogP contribution in [-0.2, 0) is 11.2 Å². The normalized spacial score (nSPS) is 20.2. The van der Waals surface area contributed by atoms with Crippen molar-refractivity contribution in [1.82, 2.24) is 9.88 Å². The smallest absolute Gasteiger partial charge is 0.222 e. The van der Waals surface area contributed by atoms with Crippen LogP contribution in [0, 0.1) is 5.92 Å². The molecule has 2 unspecified atom stereocenters. The SMILES string of the molecule is CN(CC1CCCC1O)C(=O)CCc1ncc(-c2ccccc2)o1. The van der Waals surface area contributed by atoms with Crippen LogP contribution in [0.4, 0.5) is 0 Å². The molecule has 1 amide bonds. The summed E-state index contributed by atoms with van der Waals surface area (Å²) in [5.41, 5.74) is 0.981. The van der Waals surface area contributed by atoms with Crippen molar-refractivity contribution in [2.75, 3.05) is 13.6 Å². The molecule has 5 heteroatoms. The lowest BCUT2D eigenvalue weighted by atomic mass is 10.1. The summed E-state index contributed by atoms with van der Waals surface area (Å²) >= 11 is 0. The van der Waals surface area contributed by atoms with E-state index < -0.39 is 0 Å². The highest BCUT2D eigenvalue weighted by Crippen LogP contribution is 2.26. The predicted octanol–water partition coefficient (Wildman–Crippen LogP) is 2.89. The molecule has 0 aliphatic heterocycles. The Labute approximate surface area is 142 Å². The lowest BCUT2D eigenvalue weighted by Gasteiger charge is -2.23. The topological polar surface area (TPSA) is 66.6 Å². The summed E-state index contributed by atoms with van der Waals surface area (Å²) in [6.07, 6.45) is 5.20. The first-order valence-corrected chi connectivity index (χ1v) is 8.55. The highest BCUT2D eigenvalue weighted by atomic mass is 16.4. The second kappa shape index (κ2) is 7.62. The number of aryl methyl sites for hydroxylation is 1. The van der Waals surface area contributed by atoms with Crippen LogP contribution >= 0.6 is 0 Å². The van der Waals surface area contributed by atoms with Gasteiger partial charge in [-0.1, -0.05) is 36.8 Å². The summed E-state index contributed by atoms with van der Waals surface area (Å²) in [6, 6.07) is 9.80. The third-order valence-corrected chi connectivity index (χ3v) is 4.72. The van der Waals surface area contributed by atoms with Crippen LogP contribution < -0.4 is 0 Å². The van der Waals surface area contributed by atoms with Gasteiger partial charge in [-0.15, -0.1) is 0 Å². The minimum Gasteiger partial charge on any atom is -0.441 e. The van der Waals surface area contributed by atoms with E-state index >= 15 is 0 Å². The molecule has 0 saturated heterocycles. The maximum absolute atomic E-state index is 12.3. The number of nitrogens with zero attached hydrogens (tertiary/aromatic N) is 2. The largest absolute Gasteiger partial charge is 0.441 e. The van der Waals surface area contributed by atoms with Crippen LogP contribution in [0.5, 0.6) is 0 Å². The van der Waals surface area contributed by atoms with E-state index in [1.165, 1.54) is 0 Å². The van der Waals surface area contributed by atoms with Crippen molar-refractivity contribution in [1.29, 1.82) is 0 Å². The van der Waals surface area contributed by atoms with Gasteiger partial charge in [-0.2, -0.15) is 0 Å². The Kier molecular flexibility index (Phi) is 5.30. The zero-order valence-electron chi connectivity index (χ0n) is 14.0. The summed E-state index contributed by atoms with van der Waals surface area (Å²) in [4.78, 5) is 18.2. The van der Waals surface area contributed by atoms with Gasteiger partial charge in [0.1, 0.15) is 0 Å². The summed E-state index contributed by atoms with van der Waals surface area (Å²) < 4.78 is 5.73. The van der Waals surface area contributed by atoms with Gasteiger partial charge in [0.05, 0.1) is 12.3 Å². The number of carbonyl (C=O) groups excluding carboxylic acids is 1. The van der Waals surface area contributed by atoms with Gasteiger partial charge in [-0.05, 0) is 12.8 Å². The first-order chi connectivity index (χ1) is 11.6. The van der Waals surface area contributed by atoms with Gasteiger partial charge in [0.25, 0.3) is 0 Å². The second-order valence-electron chi connectivity index (χ2n) is 6.52. The number of rotatable bonds is 6. The molecular weight excluding hydrogens is 304 g/mol. The molecule has 1 aliphatic rings. The Balaban J connectivity index is 1.50. The molecule has 1 saturated carbocycles. The molecular formula is C19H24N2O3. The van der Waals surface area contributed by atoms with E-state index in [2.05, 4.69) is 4.98 Å². The molecule has 128 valence electrons. The van der Waals surface area contributed by atoms with Crippen LogP contribution in [0.1, 0.15) is 31.6 Å². The van der Waals surface area contributed by atoms with Gasteiger partial charge in [0.15, 0.2) is 11.7 Å². The molecule has 3 rings (SSSR count). The maximum Gasteiger partial charge on any atom is 0.222 e. The van der Waals surface area contributed by atoms with E-state index in [4.69, 9.17) is 4.42 Å². The van der Waals surface area contributed by atoms with E-state index in [9.17, 15) is 9.90 Å².